The summed E-state index contributed by atoms with van der Waals surface area (Å²) in [5.41, 5.74) is 1.62. The van der Waals surface area contributed by atoms with Gasteiger partial charge in [0.05, 0.1) is 10.6 Å². The third kappa shape index (κ3) is 2.81. The molecule has 0 heterocycles. The zero-order valence-electron chi connectivity index (χ0n) is 11.4. The molecule has 0 bridgehead atoms. The standard InChI is InChI=1S/C15H16ClNO2S/c1-3-17(15-7-5-4-6-12(15)2)20(18,19)14-10-8-13(16)9-11-14/h4-11H,3H2,1-2H3. The molecule has 0 aromatic heterocycles. The van der Waals surface area contributed by atoms with Gasteiger partial charge in [0.25, 0.3) is 10.0 Å². The van der Waals surface area contributed by atoms with E-state index >= 15 is 0 Å². The van der Waals surface area contributed by atoms with Crippen molar-refractivity contribution in [3.63, 3.8) is 0 Å². The maximum Gasteiger partial charge on any atom is 0.264 e. The fourth-order valence-corrected chi connectivity index (χ4v) is 3.71. The van der Waals surface area contributed by atoms with Crippen LogP contribution in [0.4, 0.5) is 5.69 Å². The number of halogens is 1. The van der Waals surface area contributed by atoms with Crippen molar-refractivity contribution in [3.05, 3.63) is 59.1 Å². The van der Waals surface area contributed by atoms with E-state index < -0.39 is 10.0 Å². The van der Waals surface area contributed by atoms with E-state index in [1.807, 2.05) is 38.1 Å². The highest BCUT2D eigenvalue weighted by molar-refractivity contribution is 7.92. The molecule has 0 atom stereocenters. The van der Waals surface area contributed by atoms with E-state index in [4.69, 9.17) is 11.6 Å². The third-order valence-electron chi connectivity index (χ3n) is 3.07. The summed E-state index contributed by atoms with van der Waals surface area (Å²) in [5, 5.41) is 0.517. The zero-order chi connectivity index (χ0) is 14.8. The van der Waals surface area contributed by atoms with Gasteiger partial charge >= 0.3 is 0 Å². The van der Waals surface area contributed by atoms with Gasteiger partial charge in [0.2, 0.25) is 0 Å². The zero-order valence-corrected chi connectivity index (χ0v) is 12.9. The van der Waals surface area contributed by atoms with Crippen molar-refractivity contribution < 1.29 is 8.42 Å². The molecule has 3 nitrogen and oxygen atoms in total. The van der Waals surface area contributed by atoms with Crippen LogP contribution >= 0.6 is 11.6 Å². The van der Waals surface area contributed by atoms with Crippen molar-refractivity contribution >= 4 is 27.3 Å². The molecule has 2 aromatic carbocycles. The lowest BCUT2D eigenvalue weighted by atomic mass is 10.2. The minimum absolute atomic E-state index is 0.243. The van der Waals surface area contributed by atoms with Crippen molar-refractivity contribution in [2.75, 3.05) is 10.8 Å². The lowest BCUT2D eigenvalue weighted by Gasteiger charge is -2.24. The summed E-state index contributed by atoms with van der Waals surface area (Å²) in [5.74, 6) is 0. The van der Waals surface area contributed by atoms with Gasteiger partial charge < -0.3 is 0 Å². The number of rotatable bonds is 4. The number of anilines is 1. The molecule has 0 spiro atoms. The highest BCUT2D eigenvalue weighted by atomic mass is 35.5. The van der Waals surface area contributed by atoms with Crippen LogP contribution in [0.1, 0.15) is 12.5 Å². The average molecular weight is 310 g/mol. The first-order valence-corrected chi connectivity index (χ1v) is 8.12. The first-order chi connectivity index (χ1) is 9.46. The lowest BCUT2D eigenvalue weighted by molar-refractivity contribution is 0.592. The van der Waals surface area contributed by atoms with Crippen LogP contribution in [0, 0.1) is 6.92 Å². The first-order valence-electron chi connectivity index (χ1n) is 6.30. The van der Waals surface area contributed by atoms with Crippen molar-refractivity contribution in [1.29, 1.82) is 0 Å². The Morgan fingerprint density at radius 2 is 1.65 bits per heavy atom. The molecule has 0 aliphatic carbocycles. The van der Waals surface area contributed by atoms with Crippen LogP contribution in [0.15, 0.2) is 53.4 Å². The van der Waals surface area contributed by atoms with Crippen LogP contribution in [0.3, 0.4) is 0 Å². The van der Waals surface area contributed by atoms with Crippen LogP contribution < -0.4 is 4.31 Å². The van der Waals surface area contributed by atoms with E-state index in [0.717, 1.165) is 5.56 Å². The summed E-state index contributed by atoms with van der Waals surface area (Å²) >= 11 is 5.81. The summed E-state index contributed by atoms with van der Waals surface area (Å²) in [6.07, 6.45) is 0. The SMILES string of the molecule is CCN(c1ccccc1C)S(=O)(=O)c1ccc(Cl)cc1. The predicted molar refractivity (Wildman–Crippen MR) is 82.8 cm³/mol. The van der Waals surface area contributed by atoms with Gasteiger partial charge in [-0.25, -0.2) is 8.42 Å². The molecule has 0 fully saturated rings. The van der Waals surface area contributed by atoms with E-state index in [1.54, 1.807) is 12.1 Å². The molecule has 20 heavy (non-hydrogen) atoms. The van der Waals surface area contributed by atoms with E-state index in [-0.39, 0.29) is 4.90 Å². The van der Waals surface area contributed by atoms with E-state index in [2.05, 4.69) is 0 Å². The van der Waals surface area contributed by atoms with Gasteiger partial charge in [-0.05, 0) is 49.7 Å². The second-order valence-corrected chi connectivity index (χ2v) is 6.71. The molecule has 0 saturated heterocycles. The van der Waals surface area contributed by atoms with Gasteiger partial charge in [0.15, 0.2) is 0 Å². The number of hydrogen-bond acceptors (Lipinski definition) is 2. The van der Waals surface area contributed by atoms with Crippen molar-refractivity contribution in [3.8, 4) is 0 Å². The van der Waals surface area contributed by atoms with Crippen LogP contribution in [0.25, 0.3) is 0 Å². The summed E-state index contributed by atoms with van der Waals surface area (Å²) in [6.45, 7) is 4.09. The van der Waals surface area contributed by atoms with Gasteiger partial charge in [-0.2, -0.15) is 0 Å². The van der Waals surface area contributed by atoms with Crippen LogP contribution in [-0.4, -0.2) is 15.0 Å². The number of hydrogen-bond donors (Lipinski definition) is 0. The Morgan fingerprint density at radius 1 is 1.05 bits per heavy atom. The molecule has 0 saturated carbocycles. The maximum atomic E-state index is 12.7. The first kappa shape index (κ1) is 14.9. The molecule has 2 aromatic rings. The minimum atomic E-state index is -3.57. The fourth-order valence-electron chi connectivity index (χ4n) is 2.05. The topological polar surface area (TPSA) is 37.4 Å². The predicted octanol–water partition coefficient (Wildman–Crippen LogP) is 3.86. The molecule has 5 heteroatoms. The van der Waals surface area contributed by atoms with Crippen molar-refractivity contribution in [2.45, 2.75) is 18.7 Å². The molecular weight excluding hydrogens is 294 g/mol. The highest BCUT2D eigenvalue weighted by Crippen LogP contribution is 2.26. The fraction of sp³-hybridized carbons (Fsp3) is 0.200. The quantitative estimate of drug-likeness (QED) is 0.860. The summed E-state index contributed by atoms with van der Waals surface area (Å²) in [7, 11) is -3.57. The molecular formula is C15H16ClNO2S. The Hall–Kier alpha value is -1.52. The molecule has 2 rings (SSSR count). The summed E-state index contributed by atoms with van der Waals surface area (Å²) in [4.78, 5) is 0.243. The number of benzene rings is 2. The summed E-state index contributed by atoms with van der Waals surface area (Å²) < 4.78 is 26.8. The number of para-hydroxylation sites is 1. The molecule has 0 N–H and O–H groups in total. The summed E-state index contributed by atoms with van der Waals surface area (Å²) in [6, 6.07) is 13.7. The number of aryl methyl sites for hydroxylation is 1. The Kier molecular flexibility index (Phi) is 4.35. The number of nitrogens with zero attached hydrogens (tertiary/aromatic N) is 1. The minimum Gasteiger partial charge on any atom is -0.266 e. The second-order valence-electron chi connectivity index (χ2n) is 4.41. The largest absolute Gasteiger partial charge is 0.266 e. The maximum absolute atomic E-state index is 12.7. The average Bonchev–Trinajstić information content (AvgIpc) is 2.42. The van der Waals surface area contributed by atoms with E-state index in [9.17, 15) is 8.42 Å². The Labute approximate surface area is 124 Å². The van der Waals surface area contributed by atoms with Gasteiger partial charge in [0.1, 0.15) is 0 Å². The lowest BCUT2D eigenvalue weighted by Crippen LogP contribution is -2.31. The van der Waals surface area contributed by atoms with Crippen molar-refractivity contribution in [1.82, 2.24) is 0 Å². The molecule has 0 aliphatic rings. The molecule has 0 unspecified atom stereocenters. The Morgan fingerprint density at radius 3 is 2.20 bits per heavy atom. The second kappa shape index (κ2) is 5.85. The van der Waals surface area contributed by atoms with Crippen LogP contribution in [-0.2, 0) is 10.0 Å². The Bertz CT molecular complexity index is 696. The van der Waals surface area contributed by atoms with Gasteiger partial charge in [-0.3, -0.25) is 4.31 Å². The highest BCUT2D eigenvalue weighted by Gasteiger charge is 2.24. The van der Waals surface area contributed by atoms with Gasteiger partial charge in [0, 0.05) is 11.6 Å². The van der Waals surface area contributed by atoms with Crippen molar-refractivity contribution in [2.24, 2.45) is 0 Å². The monoisotopic (exact) mass is 309 g/mol. The molecule has 106 valence electrons. The molecule has 0 aliphatic heterocycles. The molecule has 0 radical (unpaired) electrons. The van der Waals surface area contributed by atoms with Gasteiger partial charge in [-0.15, -0.1) is 0 Å². The third-order valence-corrected chi connectivity index (χ3v) is 5.23. The van der Waals surface area contributed by atoms with E-state index in [0.29, 0.717) is 17.3 Å². The normalized spacial score (nSPS) is 11.3. The van der Waals surface area contributed by atoms with Crippen LogP contribution in [0.5, 0.6) is 0 Å². The van der Waals surface area contributed by atoms with Gasteiger partial charge in [-0.1, -0.05) is 29.8 Å². The van der Waals surface area contributed by atoms with Crippen LogP contribution in [0.2, 0.25) is 5.02 Å². The van der Waals surface area contributed by atoms with E-state index in [1.165, 1.54) is 16.4 Å². The molecule has 0 amide bonds. The smallest absolute Gasteiger partial charge is 0.264 e. The number of sulfonamides is 1. The Balaban J connectivity index is 2.51.